The molecule has 0 saturated carbocycles. The van der Waals surface area contributed by atoms with Crippen molar-refractivity contribution in [3.63, 3.8) is 0 Å². The van der Waals surface area contributed by atoms with E-state index in [0.717, 1.165) is 6.54 Å². The number of hydrogen-bond acceptors (Lipinski definition) is 24. The Balaban J connectivity index is 1.88. The van der Waals surface area contributed by atoms with E-state index in [-0.39, 0.29) is 61.5 Å². The van der Waals surface area contributed by atoms with Crippen LogP contribution in [0, 0.1) is 41.4 Å². The molecule has 25 nitrogen and oxygen atoms in total. The van der Waals surface area contributed by atoms with Gasteiger partial charge in [0.05, 0.1) is 86.0 Å². The molecular formula is C67H119N3O22. The van der Waals surface area contributed by atoms with Crippen LogP contribution in [0.3, 0.4) is 0 Å². The Hall–Kier alpha value is -3.20. The molecule has 3 rings (SSSR count). The predicted molar refractivity (Wildman–Crippen MR) is 343 cm³/mol. The third-order valence-corrected chi connectivity index (χ3v) is 19.1. The van der Waals surface area contributed by atoms with Crippen molar-refractivity contribution >= 4 is 11.9 Å². The number of rotatable bonds is 10. The molecule has 0 spiro atoms. The molecule has 0 bridgehead atoms. The fourth-order valence-corrected chi connectivity index (χ4v) is 12.0. The van der Waals surface area contributed by atoms with Crippen LogP contribution in [0.5, 0.6) is 0 Å². The van der Waals surface area contributed by atoms with E-state index in [1.54, 1.807) is 63.8 Å². The molecule has 2 saturated heterocycles. The standard InChI is InChI=1S/C67H119N3O22/c1-37-14-10-11-18-51(77)43(7)61(84)38(2)15-12-16-40(4)66(89)90-56(42(6)52(78)22-23-59(82)70-28-26-69(25-24-68)27-29-70)19-13-17-46(72)31-47(73)33-53(79)44(8)62(85)45(9)54(80)34-48(74)32-49(75)35-55(81)57(30-41(5)60(83)39(3)20-21-50(37)76)91-67-65(88)64(87)63(86)58(36-71)92-67/h10,13-14,16-17,20-21,30,37-39,42-58,60-65,67,71-81,83-88H,11-12,15,18-19,22-29,31-36,68H2,1-9H3/t37?,38?,39?,42?,43?,44?,45?,46?,47?,48?,49?,50?,51?,52?,53?,54?,55?,56?,57?,58-,60?,61?,62?,63-,64+,65+,67+/m1/s1. The van der Waals surface area contributed by atoms with Gasteiger partial charge in [0.15, 0.2) is 6.29 Å². The van der Waals surface area contributed by atoms with Crippen molar-refractivity contribution in [1.29, 1.82) is 0 Å². The number of esters is 1. The maximum atomic E-state index is 13.7. The first-order valence-corrected chi connectivity index (χ1v) is 33.3. The number of aliphatic hydroxyl groups excluding tert-OH is 17. The first-order chi connectivity index (χ1) is 43.2. The highest BCUT2D eigenvalue weighted by molar-refractivity contribution is 5.87. The van der Waals surface area contributed by atoms with Gasteiger partial charge >= 0.3 is 5.97 Å². The number of carbonyl (C=O) groups is 2. The van der Waals surface area contributed by atoms with Gasteiger partial charge in [0.1, 0.15) is 36.6 Å². The lowest BCUT2D eigenvalue weighted by Gasteiger charge is -2.41. The lowest BCUT2D eigenvalue weighted by atomic mass is 9.82. The highest BCUT2D eigenvalue weighted by Gasteiger charge is 2.46. The molecule has 0 aromatic carbocycles. The first-order valence-electron chi connectivity index (χ1n) is 33.3. The Morgan fingerprint density at radius 3 is 1.85 bits per heavy atom. The van der Waals surface area contributed by atoms with Gasteiger partial charge in [-0.2, -0.15) is 0 Å². The van der Waals surface area contributed by atoms with Gasteiger partial charge in [-0.1, -0.05) is 97.1 Å². The number of aliphatic hydroxyl groups is 17. The maximum Gasteiger partial charge on any atom is 0.333 e. The Kier molecular flexibility index (Phi) is 37.7. The number of ether oxygens (including phenoxy) is 3. The molecule has 2 fully saturated rings. The number of amides is 1. The van der Waals surface area contributed by atoms with Gasteiger partial charge in [0.2, 0.25) is 5.91 Å². The zero-order valence-corrected chi connectivity index (χ0v) is 55.8. The maximum absolute atomic E-state index is 13.7. The molecule has 3 heterocycles. The molecule has 0 aromatic rings. The van der Waals surface area contributed by atoms with Gasteiger partial charge in [-0.05, 0) is 76.7 Å². The summed E-state index contributed by atoms with van der Waals surface area (Å²) in [4.78, 5) is 30.9. The summed E-state index contributed by atoms with van der Waals surface area (Å²) in [5, 5.41) is 188. The Labute approximate surface area is 544 Å². The molecule has 0 aromatic heterocycles. The minimum absolute atomic E-state index is 0.0209. The van der Waals surface area contributed by atoms with Gasteiger partial charge in [0.25, 0.3) is 0 Å². The minimum atomic E-state index is -1.89. The fraction of sp³-hybridized carbons (Fsp3) is 0.821. The third-order valence-electron chi connectivity index (χ3n) is 19.1. The fourth-order valence-electron chi connectivity index (χ4n) is 12.0. The van der Waals surface area contributed by atoms with Crippen molar-refractivity contribution in [3.05, 3.63) is 59.8 Å². The molecule has 27 atom stereocenters. The molecule has 92 heavy (non-hydrogen) atoms. The summed E-state index contributed by atoms with van der Waals surface area (Å²) < 4.78 is 17.5. The second-order valence-corrected chi connectivity index (χ2v) is 26.8. The predicted octanol–water partition coefficient (Wildman–Crippen LogP) is -0.413. The van der Waals surface area contributed by atoms with E-state index in [4.69, 9.17) is 19.9 Å². The summed E-state index contributed by atoms with van der Waals surface area (Å²) in [5.74, 6) is -5.27. The van der Waals surface area contributed by atoms with Gasteiger partial charge in [-0.15, -0.1) is 0 Å². The van der Waals surface area contributed by atoms with Crippen molar-refractivity contribution in [3.8, 4) is 0 Å². The van der Waals surface area contributed by atoms with Crippen molar-refractivity contribution in [1.82, 2.24) is 9.80 Å². The number of allylic oxidation sites excluding steroid dienone is 2. The monoisotopic (exact) mass is 1320 g/mol. The summed E-state index contributed by atoms with van der Waals surface area (Å²) in [6.07, 6.45) is -14.9. The Morgan fingerprint density at radius 2 is 1.25 bits per heavy atom. The number of cyclic esters (lactones) is 1. The Bertz CT molecular complexity index is 2250. The van der Waals surface area contributed by atoms with E-state index in [2.05, 4.69) is 4.90 Å². The first kappa shape index (κ1) is 83.0. The lowest BCUT2D eigenvalue weighted by molar-refractivity contribution is -0.313. The van der Waals surface area contributed by atoms with Crippen LogP contribution in [0.15, 0.2) is 59.8 Å². The average Bonchev–Trinajstić information content (AvgIpc) is 2.32. The summed E-state index contributed by atoms with van der Waals surface area (Å²) >= 11 is 0. The molecular weight excluding hydrogens is 1200 g/mol. The molecule has 3 aliphatic heterocycles. The van der Waals surface area contributed by atoms with E-state index in [0.29, 0.717) is 58.4 Å². The van der Waals surface area contributed by atoms with E-state index in [1.807, 2.05) is 13.0 Å². The Morgan fingerprint density at radius 1 is 0.663 bits per heavy atom. The minimum Gasteiger partial charge on any atom is -0.458 e. The largest absolute Gasteiger partial charge is 0.458 e. The van der Waals surface area contributed by atoms with Crippen LogP contribution in [-0.4, -0.2) is 277 Å². The van der Waals surface area contributed by atoms with Crippen LogP contribution in [0.1, 0.15) is 139 Å². The number of nitrogens with zero attached hydrogens (tertiary/aromatic N) is 2. The number of nitrogens with two attached hydrogens (primary N) is 1. The summed E-state index contributed by atoms with van der Waals surface area (Å²) in [6.45, 7) is 17.7. The van der Waals surface area contributed by atoms with Gasteiger partial charge in [-0.3, -0.25) is 9.69 Å². The van der Waals surface area contributed by atoms with E-state index in [9.17, 15) is 96.4 Å². The van der Waals surface area contributed by atoms with Gasteiger partial charge in [-0.25, -0.2) is 4.79 Å². The normalized spacial score (nSPS) is 40.1. The zero-order valence-electron chi connectivity index (χ0n) is 55.8. The number of carbonyl (C=O) groups excluding carboxylic acids is 2. The van der Waals surface area contributed by atoms with Crippen molar-refractivity contribution in [2.24, 2.45) is 47.2 Å². The van der Waals surface area contributed by atoms with Crippen LogP contribution >= 0.6 is 0 Å². The third kappa shape index (κ3) is 27.4. The summed E-state index contributed by atoms with van der Waals surface area (Å²) in [7, 11) is 0. The lowest BCUT2D eigenvalue weighted by Crippen LogP contribution is -2.60. The number of piperazine rings is 1. The molecule has 22 unspecified atom stereocenters. The van der Waals surface area contributed by atoms with E-state index >= 15 is 0 Å². The van der Waals surface area contributed by atoms with Crippen molar-refractivity contribution < 1.29 is 111 Å². The molecule has 1 amide bonds. The van der Waals surface area contributed by atoms with E-state index < -0.39 is 183 Å². The topological polar surface area (TPSA) is 438 Å². The molecule has 534 valence electrons. The zero-order chi connectivity index (χ0) is 69.3. The molecule has 0 radical (unpaired) electrons. The summed E-state index contributed by atoms with van der Waals surface area (Å²) in [6, 6.07) is 0. The van der Waals surface area contributed by atoms with Crippen molar-refractivity contribution in [2.45, 2.75) is 262 Å². The smallest absolute Gasteiger partial charge is 0.333 e. The molecule has 19 N–H and O–H groups in total. The number of hydrogen-bond donors (Lipinski definition) is 18. The van der Waals surface area contributed by atoms with E-state index in [1.165, 1.54) is 39.0 Å². The van der Waals surface area contributed by atoms with Crippen LogP contribution < -0.4 is 5.73 Å². The molecule has 25 heteroatoms. The summed E-state index contributed by atoms with van der Waals surface area (Å²) in [5.41, 5.74) is 6.20. The van der Waals surface area contributed by atoms with Crippen molar-refractivity contribution in [2.75, 3.05) is 45.9 Å². The quantitative estimate of drug-likeness (QED) is 0.0976. The highest BCUT2D eigenvalue weighted by Crippen LogP contribution is 2.30. The molecule has 3 aliphatic rings. The average molecular weight is 1320 g/mol. The SMILES string of the molecule is CC1=CCCC(C)C(O)C(C)C(O)CCC=CC(C)C(O)C=CC(C)C(O)C(C)=CC(O[C@H]2O[C@H](CO)[C@@H](O)[C@H](O)[C@@H]2O)C(O)CC(O)CC(O)CC(O)C(C)C(O)C(C)C(O)CC(O)CC(O)C=CCC(C(C)C(O)CCC(=O)N2CCN(CCN)CC2)OC1=O. The van der Waals surface area contributed by atoms with Crippen LogP contribution in [-0.2, 0) is 23.8 Å². The highest BCUT2D eigenvalue weighted by atomic mass is 16.7. The van der Waals surface area contributed by atoms with Crippen LogP contribution in [0.25, 0.3) is 0 Å². The van der Waals surface area contributed by atoms with Crippen LogP contribution in [0.4, 0.5) is 0 Å². The van der Waals surface area contributed by atoms with Gasteiger partial charge in [0, 0.05) is 106 Å². The molecule has 0 aliphatic carbocycles. The van der Waals surface area contributed by atoms with Crippen LogP contribution in [0.2, 0.25) is 0 Å². The van der Waals surface area contributed by atoms with Gasteiger partial charge < -0.3 is 112 Å². The second kappa shape index (κ2) is 41.8. The second-order valence-electron chi connectivity index (χ2n) is 26.8.